The maximum atomic E-state index is 5.73. The lowest BCUT2D eigenvalue weighted by molar-refractivity contribution is 0.342. The van der Waals surface area contributed by atoms with Crippen molar-refractivity contribution in [2.24, 2.45) is 0 Å². The summed E-state index contributed by atoms with van der Waals surface area (Å²) >= 11 is 5.73. The molecule has 1 nitrogen and oxygen atoms in total. The van der Waals surface area contributed by atoms with E-state index in [9.17, 15) is 0 Å². The zero-order valence-corrected chi connectivity index (χ0v) is 18.2. The zero-order valence-electron chi connectivity index (χ0n) is 16.7. The Morgan fingerprint density at radius 2 is 0.875 bits per heavy atom. The molecule has 0 saturated carbocycles. The van der Waals surface area contributed by atoms with Gasteiger partial charge in [0.2, 0.25) is 0 Å². The van der Waals surface area contributed by atoms with E-state index in [1.54, 1.807) is 0 Å². The first-order chi connectivity index (χ1) is 11.3. The van der Waals surface area contributed by atoms with Crippen LogP contribution in [0.25, 0.3) is 0 Å². The fourth-order valence-corrected chi connectivity index (χ4v) is 3.47. The summed E-state index contributed by atoms with van der Waals surface area (Å²) in [7, 11) is 2.17. The van der Waals surface area contributed by atoms with E-state index in [4.69, 9.17) is 11.6 Å². The van der Waals surface area contributed by atoms with Gasteiger partial charge in [-0.3, -0.25) is 0 Å². The van der Waals surface area contributed by atoms with Gasteiger partial charge in [-0.05, 0) is 20.0 Å². The normalized spacial score (nSPS) is 11.0. The number of unbranched alkanes of at least 4 members (excludes halogenated alkanes) is 15. The predicted octanol–water partition coefficient (Wildman–Crippen LogP) is 7.84. The van der Waals surface area contributed by atoms with Gasteiger partial charge >= 0.3 is 0 Å². The number of nitrogens with zero attached hydrogens (tertiary/aromatic N) is 1. The number of halogens is 2. The largest absolute Gasteiger partial charge is 0.305 e. The van der Waals surface area contributed by atoms with Crippen LogP contribution in [0.2, 0.25) is 0 Å². The van der Waals surface area contributed by atoms with E-state index in [1.807, 2.05) is 0 Å². The average Bonchev–Trinajstić information content (AvgIpc) is 2.54. The van der Waals surface area contributed by atoms with Gasteiger partial charge in [0.1, 0.15) is 0 Å². The summed E-state index contributed by atoms with van der Waals surface area (Å²) in [6.45, 7) is 4.53. The first-order valence-corrected chi connectivity index (χ1v) is 11.1. The van der Waals surface area contributed by atoms with Crippen molar-refractivity contribution in [2.75, 3.05) is 26.0 Å². The molecule has 24 heavy (non-hydrogen) atoms. The lowest BCUT2D eigenvalue weighted by atomic mass is 10.0. The Kier molecular flexibility index (Phi) is 26.3. The summed E-state index contributed by atoms with van der Waals surface area (Å²) in [5.74, 6) is 0.759. The standard InChI is InChI=1S/C21H44ClN.ClH/c1-3-4-5-6-7-8-9-10-11-12-13-14-15-16-17-18-20-23(2)21-19-22;/h3-21H2,1-2H3;1H. The van der Waals surface area contributed by atoms with Crippen LogP contribution in [0.5, 0.6) is 0 Å². The molecule has 0 aliphatic heterocycles. The Balaban J connectivity index is 0. The summed E-state index contributed by atoms with van der Waals surface area (Å²) in [4.78, 5) is 2.34. The van der Waals surface area contributed by atoms with Crippen molar-refractivity contribution in [2.45, 2.75) is 110 Å². The molecular weight excluding hydrogens is 337 g/mol. The highest BCUT2D eigenvalue weighted by Gasteiger charge is 1.97. The summed E-state index contributed by atoms with van der Waals surface area (Å²) in [6, 6.07) is 0. The summed E-state index contributed by atoms with van der Waals surface area (Å²) < 4.78 is 0. The van der Waals surface area contributed by atoms with Crippen molar-refractivity contribution in [1.29, 1.82) is 0 Å². The average molecular weight is 383 g/mol. The van der Waals surface area contributed by atoms with Crippen LogP contribution in [0.3, 0.4) is 0 Å². The van der Waals surface area contributed by atoms with Crippen LogP contribution in [-0.2, 0) is 0 Å². The van der Waals surface area contributed by atoms with E-state index in [2.05, 4.69) is 18.9 Å². The molecule has 148 valence electrons. The molecule has 0 heterocycles. The van der Waals surface area contributed by atoms with Crippen LogP contribution in [0, 0.1) is 0 Å². The van der Waals surface area contributed by atoms with E-state index in [0.29, 0.717) is 0 Å². The van der Waals surface area contributed by atoms with Crippen LogP contribution in [-0.4, -0.2) is 30.9 Å². The second kappa shape index (κ2) is 23.5. The molecule has 0 aromatic rings. The molecule has 0 atom stereocenters. The molecule has 0 saturated heterocycles. The maximum absolute atomic E-state index is 5.73. The Labute approximate surface area is 164 Å². The Morgan fingerprint density at radius 1 is 0.542 bits per heavy atom. The van der Waals surface area contributed by atoms with Gasteiger partial charge in [0.15, 0.2) is 0 Å². The van der Waals surface area contributed by atoms with Crippen molar-refractivity contribution in [3.05, 3.63) is 0 Å². The molecule has 0 bridgehead atoms. The Morgan fingerprint density at radius 3 is 1.21 bits per heavy atom. The number of hydrogen-bond donors (Lipinski definition) is 0. The van der Waals surface area contributed by atoms with Crippen molar-refractivity contribution >= 4 is 24.0 Å². The van der Waals surface area contributed by atoms with Gasteiger partial charge in [0.05, 0.1) is 0 Å². The molecule has 0 radical (unpaired) electrons. The molecule has 0 aromatic heterocycles. The van der Waals surface area contributed by atoms with Gasteiger partial charge < -0.3 is 4.90 Å². The van der Waals surface area contributed by atoms with Crippen molar-refractivity contribution in [3.63, 3.8) is 0 Å². The molecule has 0 amide bonds. The fourth-order valence-electron chi connectivity index (χ4n) is 3.19. The fraction of sp³-hybridized carbons (Fsp3) is 1.00. The van der Waals surface area contributed by atoms with Crippen LogP contribution in [0.1, 0.15) is 110 Å². The van der Waals surface area contributed by atoms with Crippen molar-refractivity contribution in [1.82, 2.24) is 4.90 Å². The van der Waals surface area contributed by atoms with Crippen LogP contribution >= 0.6 is 24.0 Å². The zero-order chi connectivity index (χ0) is 17.0. The molecule has 0 unspecified atom stereocenters. The van der Waals surface area contributed by atoms with Crippen LogP contribution in [0.15, 0.2) is 0 Å². The first-order valence-electron chi connectivity index (χ1n) is 10.6. The molecule has 0 aliphatic rings. The van der Waals surface area contributed by atoms with E-state index in [0.717, 1.165) is 12.4 Å². The minimum Gasteiger partial charge on any atom is -0.305 e. The summed E-state index contributed by atoms with van der Waals surface area (Å²) in [6.07, 6.45) is 23.1. The molecule has 0 spiro atoms. The van der Waals surface area contributed by atoms with Gasteiger partial charge in [-0.15, -0.1) is 24.0 Å². The molecule has 0 aromatic carbocycles. The predicted molar refractivity (Wildman–Crippen MR) is 115 cm³/mol. The third-order valence-electron chi connectivity index (χ3n) is 4.86. The second-order valence-electron chi connectivity index (χ2n) is 7.30. The van der Waals surface area contributed by atoms with Crippen molar-refractivity contribution < 1.29 is 0 Å². The maximum Gasteiger partial charge on any atom is 0.0351 e. The Hall–Kier alpha value is 0.540. The molecule has 0 N–H and O–H groups in total. The van der Waals surface area contributed by atoms with E-state index >= 15 is 0 Å². The van der Waals surface area contributed by atoms with E-state index in [-0.39, 0.29) is 12.4 Å². The minimum absolute atomic E-state index is 0. The molecular formula is C21H45Cl2N. The van der Waals surface area contributed by atoms with Crippen molar-refractivity contribution in [3.8, 4) is 0 Å². The van der Waals surface area contributed by atoms with Crippen LogP contribution in [0.4, 0.5) is 0 Å². The highest BCUT2D eigenvalue weighted by Crippen LogP contribution is 2.13. The lowest BCUT2D eigenvalue weighted by Crippen LogP contribution is -2.21. The van der Waals surface area contributed by atoms with E-state index in [1.165, 1.54) is 109 Å². The second-order valence-corrected chi connectivity index (χ2v) is 7.67. The van der Waals surface area contributed by atoms with Gasteiger partial charge in [-0.2, -0.15) is 0 Å². The van der Waals surface area contributed by atoms with E-state index < -0.39 is 0 Å². The summed E-state index contributed by atoms with van der Waals surface area (Å²) in [5.41, 5.74) is 0. The highest BCUT2D eigenvalue weighted by molar-refractivity contribution is 6.18. The Bertz CT molecular complexity index is 212. The number of alkyl halides is 1. The lowest BCUT2D eigenvalue weighted by Gasteiger charge is -2.14. The third kappa shape index (κ3) is 22.5. The third-order valence-corrected chi connectivity index (χ3v) is 5.03. The first kappa shape index (κ1) is 26.8. The number of hydrogen-bond acceptors (Lipinski definition) is 1. The topological polar surface area (TPSA) is 3.24 Å². The van der Waals surface area contributed by atoms with Crippen LogP contribution < -0.4 is 0 Å². The minimum atomic E-state index is 0. The van der Waals surface area contributed by atoms with Gasteiger partial charge in [0.25, 0.3) is 0 Å². The highest BCUT2D eigenvalue weighted by atomic mass is 35.5. The molecule has 3 heteroatoms. The van der Waals surface area contributed by atoms with Gasteiger partial charge in [0, 0.05) is 12.4 Å². The summed E-state index contributed by atoms with van der Waals surface area (Å²) in [5, 5.41) is 0. The molecule has 0 rings (SSSR count). The quantitative estimate of drug-likeness (QED) is 0.162. The molecule has 0 aliphatic carbocycles. The smallest absolute Gasteiger partial charge is 0.0351 e. The SMILES string of the molecule is CCCCCCCCCCCCCCCCCCN(C)CCCl.Cl. The monoisotopic (exact) mass is 381 g/mol. The molecule has 0 fully saturated rings. The van der Waals surface area contributed by atoms with Gasteiger partial charge in [-0.1, -0.05) is 103 Å². The van der Waals surface area contributed by atoms with Gasteiger partial charge in [-0.25, -0.2) is 0 Å². The number of rotatable bonds is 19.